The van der Waals surface area contributed by atoms with E-state index in [1.54, 1.807) is 45.9 Å². The van der Waals surface area contributed by atoms with E-state index in [9.17, 15) is 29.3 Å². The Kier molecular flexibility index (Phi) is 10.6. The highest BCUT2D eigenvalue weighted by Crippen LogP contribution is 2.48. The van der Waals surface area contributed by atoms with Gasteiger partial charge in [0.25, 0.3) is 0 Å². The minimum atomic E-state index is -4.30. The maximum Gasteiger partial charge on any atom is 0.459 e. The van der Waals surface area contributed by atoms with Crippen molar-refractivity contribution in [3.8, 4) is 11.8 Å². The summed E-state index contributed by atoms with van der Waals surface area (Å²) in [5, 5.41) is 26.1. The second-order valence-electron chi connectivity index (χ2n) is 10.5. The number of aliphatic hydroxyl groups is 1. The Morgan fingerprint density at radius 2 is 1.88 bits per heavy atom. The maximum atomic E-state index is 13.8. The summed E-state index contributed by atoms with van der Waals surface area (Å²) in [5.74, 6) is -1.19. The van der Waals surface area contributed by atoms with Crippen LogP contribution < -0.4 is 20.6 Å². The summed E-state index contributed by atoms with van der Waals surface area (Å²) in [6.07, 6.45) is -3.21. The molecule has 0 saturated carbocycles. The zero-order valence-electron chi connectivity index (χ0n) is 24.2. The number of esters is 1. The van der Waals surface area contributed by atoms with Gasteiger partial charge in [0.2, 0.25) is 5.91 Å². The number of hydrogen-bond acceptors (Lipinski definition) is 11. The lowest BCUT2D eigenvalue weighted by Crippen LogP contribution is -2.40. The Morgan fingerprint density at radius 1 is 1.21 bits per heavy atom. The smallest absolute Gasteiger partial charge is 0.459 e. The van der Waals surface area contributed by atoms with Gasteiger partial charge in [-0.3, -0.25) is 18.7 Å². The average Bonchev–Trinajstić information content (AvgIpc) is 3.17. The van der Waals surface area contributed by atoms with Gasteiger partial charge in [-0.05, 0) is 45.9 Å². The molecule has 0 radical (unpaired) electrons. The normalized spacial score (nSPS) is 24.0. The molecule has 1 aromatic carbocycles. The van der Waals surface area contributed by atoms with E-state index in [2.05, 4.69) is 15.4 Å². The number of nitrogens with one attached hydrogen (secondary N) is 2. The molecule has 15 heteroatoms. The van der Waals surface area contributed by atoms with E-state index in [-0.39, 0.29) is 23.4 Å². The lowest BCUT2D eigenvalue weighted by molar-refractivity contribution is -0.149. The molecule has 0 bridgehead atoms. The number of benzene rings is 1. The van der Waals surface area contributed by atoms with Gasteiger partial charge in [0, 0.05) is 12.1 Å². The molecule has 1 saturated heterocycles. The number of hydrogen-bond donors (Lipinski definition) is 3. The topological polar surface area (TPSA) is 191 Å². The molecule has 2 aromatic rings. The zero-order valence-corrected chi connectivity index (χ0v) is 25.1. The number of carbonyl (C=O) groups is 2. The van der Waals surface area contributed by atoms with Crippen LogP contribution in [0.15, 0.2) is 47.4 Å². The third-order valence-corrected chi connectivity index (χ3v) is 7.96. The van der Waals surface area contributed by atoms with Crippen molar-refractivity contribution in [2.45, 2.75) is 72.1 Å². The molecule has 0 aliphatic carbocycles. The number of para-hydroxylation sites is 1. The molecule has 3 rings (SSSR count). The molecule has 1 aromatic heterocycles. The molecule has 1 amide bonds. The molecule has 1 fully saturated rings. The molecule has 2 heterocycles. The van der Waals surface area contributed by atoms with Crippen molar-refractivity contribution in [3.05, 3.63) is 53.1 Å². The number of carbonyl (C=O) groups excluding carboxylic acids is 2. The minimum absolute atomic E-state index is 0.0160. The molecule has 1 aliphatic heterocycles. The van der Waals surface area contributed by atoms with Crippen molar-refractivity contribution in [3.63, 3.8) is 0 Å². The first kappa shape index (κ1) is 32.9. The van der Waals surface area contributed by atoms with Crippen LogP contribution in [0.2, 0.25) is 0 Å². The van der Waals surface area contributed by atoms with Gasteiger partial charge in [0.15, 0.2) is 6.23 Å². The van der Waals surface area contributed by atoms with E-state index in [0.29, 0.717) is 0 Å². The first-order chi connectivity index (χ1) is 19.7. The van der Waals surface area contributed by atoms with Gasteiger partial charge < -0.3 is 24.4 Å². The standard InChI is InChI=1S/C27H36N5O9P/c1-16(2)23(34)29-21-12-13-32(26(36)30-21)25-27(6,15-28)22(33)20(40-25)14-38-42(37,41-19-10-8-7-9-11-19)31-18(5)24(35)39-17(3)4/h7-13,16-18,20,22,25,33H,14H2,1-6H3,(H,31,37)(H,29,30,34,36)/t18-,20+,22+,25?,27+,42+/m0/s1. The van der Waals surface area contributed by atoms with Crippen LogP contribution in [0, 0.1) is 22.7 Å². The molecule has 1 unspecified atom stereocenters. The number of ether oxygens (including phenoxy) is 2. The highest BCUT2D eigenvalue weighted by atomic mass is 31.2. The van der Waals surface area contributed by atoms with Crippen molar-refractivity contribution < 1.29 is 37.8 Å². The molecule has 6 atom stereocenters. The lowest BCUT2D eigenvalue weighted by Gasteiger charge is -2.26. The first-order valence-electron chi connectivity index (χ1n) is 13.3. The Bertz CT molecular complexity index is 1410. The van der Waals surface area contributed by atoms with E-state index in [1.807, 2.05) is 6.07 Å². The van der Waals surface area contributed by atoms with E-state index < -0.39 is 62.0 Å². The number of rotatable bonds is 12. The van der Waals surface area contributed by atoms with Crippen molar-refractivity contribution in [1.82, 2.24) is 14.6 Å². The van der Waals surface area contributed by atoms with Crippen LogP contribution in [0.1, 0.15) is 47.8 Å². The van der Waals surface area contributed by atoms with Gasteiger partial charge in [-0.1, -0.05) is 32.0 Å². The van der Waals surface area contributed by atoms with Crippen molar-refractivity contribution in [2.75, 3.05) is 11.9 Å². The van der Waals surface area contributed by atoms with E-state index in [1.165, 1.54) is 38.2 Å². The van der Waals surface area contributed by atoms with Crippen LogP contribution in [0.25, 0.3) is 0 Å². The number of aliphatic hydroxyl groups excluding tert-OH is 1. The third-order valence-electron chi connectivity index (χ3n) is 6.32. The van der Waals surface area contributed by atoms with Crippen LogP contribution in [0.3, 0.4) is 0 Å². The van der Waals surface area contributed by atoms with Crippen LogP contribution >= 0.6 is 7.75 Å². The van der Waals surface area contributed by atoms with Gasteiger partial charge >= 0.3 is 19.4 Å². The molecule has 228 valence electrons. The van der Waals surface area contributed by atoms with Crippen LogP contribution in [0.4, 0.5) is 5.82 Å². The summed E-state index contributed by atoms with van der Waals surface area (Å²) in [7, 11) is -4.30. The Morgan fingerprint density at radius 3 is 2.45 bits per heavy atom. The molecule has 1 aliphatic rings. The van der Waals surface area contributed by atoms with Crippen molar-refractivity contribution >= 4 is 25.4 Å². The highest BCUT2D eigenvalue weighted by molar-refractivity contribution is 7.52. The van der Waals surface area contributed by atoms with E-state index in [0.717, 1.165) is 4.57 Å². The zero-order chi connectivity index (χ0) is 31.2. The van der Waals surface area contributed by atoms with E-state index in [4.69, 9.17) is 18.5 Å². The fourth-order valence-corrected chi connectivity index (χ4v) is 5.46. The summed E-state index contributed by atoms with van der Waals surface area (Å²) in [6, 6.07) is 10.3. The first-order valence-corrected chi connectivity index (χ1v) is 14.9. The predicted molar refractivity (Wildman–Crippen MR) is 150 cm³/mol. The van der Waals surface area contributed by atoms with Gasteiger partial charge in [-0.2, -0.15) is 15.3 Å². The second-order valence-corrected chi connectivity index (χ2v) is 12.2. The van der Waals surface area contributed by atoms with Crippen molar-refractivity contribution in [2.24, 2.45) is 11.3 Å². The molecule has 14 nitrogen and oxygen atoms in total. The highest BCUT2D eigenvalue weighted by Gasteiger charge is 2.55. The van der Waals surface area contributed by atoms with Crippen LogP contribution in [-0.4, -0.2) is 57.5 Å². The van der Waals surface area contributed by atoms with Crippen molar-refractivity contribution in [1.29, 1.82) is 5.26 Å². The Labute approximate surface area is 243 Å². The monoisotopic (exact) mass is 605 g/mol. The third kappa shape index (κ3) is 7.81. The lowest BCUT2D eigenvalue weighted by atomic mass is 9.84. The SMILES string of the molecule is CC(C)OC(=O)[C@H](C)N[P@@](=O)(OC[C@H]1OC(n2ccc(NC(=O)C(C)C)nc2=O)[C@](C)(C#N)[C@@H]1O)Oc1ccccc1. The molecular formula is C27H36N5O9P. The average molecular weight is 606 g/mol. The fraction of sp³-hybridized carbons (Fsp3) is 0.519. The second kappa shape index (κ2) is 13.6. The summed E-state index contributed by atoms with van der Waals surface area (Å²) in [4.78, 5) is 41.1. The largest absolute Gasteiger partial charge is 0.462 e. The number of anilines is 1. The Balaban J connectivity index is 1.83. The quantitative estimate of drug-likeness (QED) is 0.237. The van der Waals surface area contributed by atoms with Gasteiger partial charge in [-0.25, -0.2) is 9.36 Å². The van der Waals surface area contributed by atoms with Gasteiger partial charge in [-0.15, -0.1) is 0 Å². The number of nitriles is 1. The summed E-state index contributed by atoms with van der Waals surface area (Å²) < 4.78 is 37.1. The van der Waals surface area contributed by atoms with E-state index >= 15 is 0 Å². The molecular weight excluding hydrogens is 569 g/mol. The summed E-state index contributed by atoms with van der Waals surface area (Å²) in [5.41, 5.74) is -2.50. The van der Waals surface area contributed by atoms with Crippen LogP contribution in [0.5, 0.6) is 5.75 Å². The number of aromatic nitrogens is 2. The van der Waals surface area contributed by atoms with Gasteiger partial charge in [0.05, 0.1) is 18.8 Å². The van der Waals surface area contributed by atoms with Crippen LogP contribution in [-0.2, 0) is 28.2 Å². The summed E-state index contributed by atoms with van der Waals surface area (Å²) >= 11 is 0. The van der Waals surface area contributed by atoms with Gasteiger partial charge in [0.1, 0.15) is 35.2 Å². The number of nitrogens with zero attached hydrogens (tertiary/aromatic N) is 3. The molecule has 3 N–H and O–H groups in total. The maximum absolute atomic E-state index is 13.8. The molecule has 42 heavy (non-hydrogen) atoms. The predicted octanol–water partition coefficient (Wildman–Crippen LogP) is 2.76. The molecule has 0 spiro atoms. The Hall–Kier alpha value is -3.60. The fourth-order valence-electron chi connectivity index (χ4n) is 3.96. The minimum Gasteiger partial charge on any atom is -0.462 e. The number of amides is 1. The summed E-state index contributed by atoms with van der Waals surface area (Å²) in [6.45, 7) is 8.96.